The summed E-state index contributed by atoms with van der Waals surface area (Å²) in [7, 11) is 0. The molecule has 1 heterocycles. The van der Waals surface area contributed by atoms with E-state index in [-0.39, 0.29) is 5.78 Å². The lowest BCUT2D eigenvalue weighted by Gasteiger charge is -2.21. The second kappa shape index (κ2) is 8.68. The predicted octanol–water partition coefficient (Wildman–Crippen LogP) is 4.73. The number of fused-ring (bicyclic) bond motifs is 2. The molecule has 5 rings (SSSR count). The third-order valence-electron chi connectivity index (χ3n) is 6.24. The van der Waals surface area contributed by atoms with Crippen molar-refractivity contribution in [3.05, 3.63) is 71.3 Å². The molecular formula is C26H27NO3. The van der Waals surface area contributed by atoms with Crippen molar-refractivity contribution >= 4 is 16.6 Å². The Morgan fingerprint density at radius 1 is 0.833 bits per heavy atom. The van der Waals surface area contributed by atoms with Crippen molar-refractivity contribution in [2.75, 3.05) is 26.4 Å². The Bertz CT molecular complexity index is 1070. The molecule has 154 valence electrons. The summed E-state index contributed by atoms with van der Waals surface area (Å²) in [4.78, 5) is 13.0. The number of hydrogen-bond donors (Lipinski definition) is 1. The number of rotatable bonds is 8. The van der Waals surface area contributed by atoms with Crippen molar-refractivity contribution in [3.8, 4) is 11.1 Å². The van der Waals surface area contributed by atoms with E-state index in [0.29, 0.717) is 25.9 Å². The molecule has 0 radical (unpaired) electrons. The zero-order valence-corrected chi connectivity index (χ0v) is 17.2. The molecule has 3 aromatic rings. The Kier molecular flexibility index (Phi) is 5.63. The van der Waals surface area contributed by atoms with Crippen molar-refractivity contribution in [3.63, 3.8) is 0 Å². The van der Waals surface area contributed by atoms with Crippen molar-refractivity contribution in [1.29, 1.82) is 0 Å². The van der Waals surface area contributed by atoms with Gasteiger partial charge in [-0.25, -0.2) is 0 Å². The maximum atomic E-state index is 13.0. The Morgan fingerprint density at radius 2 is 1.67 bits per heavy atom. The van der Waals surface area contributed by atoms with Crippen LogP contribution in [0.25, 0.3) is 21.9 Å². The van der Waals surface area contributed by atoms with Crippen LogP contribution in [0.5, 0.6) is 0 Å². The molecule has 4 nitrogen and oxygen atoms in total. The summed E-state index contributed by atoms with van der Waals surface area (Å²) in [6, 6.07) is 18.7. The zero-order chi connectivity index (χ0) is 20.3. The number of ketones is 1. The van der Waals surface area contributed by atoms with Gasteiger partial charge in [-0.1, -0.05) is 54.6 Å². The Hall–Kier alpha value is -2.53. The van der Waals surface area contributed by atoms with E-state index in [9.17, 15) is 4.79 Å². The fraction of sp³-hybridized carbons (Fsp3) is 0.346. The molecule has 4 heteroatoms. The van der Waals surface area contributed by atoms with Crippen LogP contribution < -0.4 is 5.32 Å². The highest BCUT2D eigenvalue weighted by atomic mass is 16.5. The SMILES string of the molecule is O=C1c2ccccc2-c2ccc(COCCOCCC3CCCN3)c3cccc1c23. The van der Waals surface area contributed by atoms with Crippen LogP contribution in [0.3, 0.4) is 0 Å². The lowest BCUT2D eigenvalue weighted by atomic mass is 9.82. The van der Waals surface area contributed by atoms with E-state index in [2.05, 4.69) is 23.5 Å². The molecule has 30 heavy (non-hydrogen) atoms. The van der Waals surface area contributed by atoms with Gasteiger partial charge in [0.05, 0.1) is 19.8 Å². The molecule has 1 atom stereocenters. The summed E-state index contributed by atoms with van der Waals surface area (Å²) in [5, 5.41) is 5.63. The average Bonchev–Trinajstić information content (AvgIpc) is 3.31. The van der Waals surface area contributed by atoms with Gasteiger partial charge in [-0.3, -0.25) is 4.79 Å². The number of ether oxygens (including phenoxy) is 2. The quantitative estimate of drug-likeness (QED) is 0.434. The molecular weight excluding hydrogens is 374 g/mol. The van der Waals surface area contributed by atoms with Crippen LogP contribution >= 0.6 is 0 Å². The summed E-state index contributed by atoms with van der Waals surface area (Å²) in [6.07, 6.45) is 3.61. The molecule has 1 saturated heterocycles. The lowest BCUT2D eigenvalue weighted by molar-refractivity contribution is 0.0383. The van der Waals surface area contributed by atoms with Crippen LogP contribution in [0, 0.1) is 0 Å². The van der Waals surface area contributed by atoms with Crippen molar-refractivity contribution in [1.82, 2.24) is 5.32 Å². The van der Waals surface area contributed by atoms with E-state index in [1.165, 1.54) is 12.8 Å². The van der Waals surface area contributed by atoms with Crippen molar-refractivity contribution < 1.29 is 14.3 Å². The molecule has 1 N–H and O–H groups in total. The molecule has 0 saturated carbocycles. The predicted molar refractivity (Wildman–Crippen MR) is 119 cm³/mol. The summed E-state index contributed by atoms with van der Waals surface area (Å²) < 4.78 is 11.6. The van der Waals surface area contributed by atoms with E-state index in [0.717, 1.165) is 58.2 Å². The first kappa shape index (κ1) is 19.4. The van der Waals surface area contributed by atoms with E-state index in [1.54, 1.807) is 0 Å². The van der Waals surface area contributed by atoms with Crippen molar-refractivity contribution in [2.45, 2.75) is 31.9 Å². The number of nitrogens with one attached hydrogen (secondary N) is 1. The molecule has 0 spiro atoms. The molecule has 0 amide bonds. The van der Waals surface area contributed by atoms with E-state index in [1.807, 2.05) is 36.4 Å². The minimum atomic E-state index is 0.104. The van der Waals surface area contributed by atoms with Crippen LogP contribution in [-0.2, 0) is 16.1 Å². The Balaban J connectivity index is 1.26. The van der Waals surface area contributed by atoms with Crippen LogP contribution in [0.1, 0.15) is 40.7 Å². The third kappa shape index (κ3) is 3.67. The van der Waals surface area contributed by atoms with Gasteiger partial charge in [-0.2, -0.15) is 0 Å². The topological polar surface area (TPSA) is 47.6 Å². The average molecular weight is 402 g/mol. The second-order valence-corrected chi connectivity index (χ2v) is 8.12. The highest BCUT2D eigenvalue weighted by molar-refractivity contribution is 6.26. The molecule has 2 aliphatic rings. The Labute approximate surface area is 177 Å². The van der Waals surface area contributed by atoms with Gasteiger partial charge >= 0.3 is 0 Å². The fourth-order valence-corrected chi connectivity index (χ4v) is 4.70. The molecule has 3 aromatic carbocycles. The molecule has 1 unspecified atom stereocenters. The van der Waals surface area contributed by atoms with Gasteiger partial charge in [0.1, 0.15) is 0 Å². The number of benzene rings is 3. The lowest BCUT2D eigenvalue weighted by Crippen LogP contribution is -2.23. The van der Waals surface area contributed by atoms with Gasteiger partial charge in [0.15, 0.2) is 5.78 Å². The van der Waals surface area contributed by atoms with E-state index in [4.69, 9.17) is 9.47 Å². The van der Waals surface area contributed by atoms with Gasteiger partial charge < -0.3 is 14.8 Å². The Morgan fingerprint density at radius 3 is 2.53 bits per heavy atom. The largest absolute Gasteiger partial charge is 0.379 e. The van der Waals surface area contributed by atoms with Gasteiger partial charge in [-0.05, 0) is 47.9 Å². The minimum absolute atomic E-state index is 0.104. The maximum absolute atomic E-state index is 13.0. The first-order chi connectivity index (χ1) is 14.8. The van der Waals surface area contributed by atoms with Gasteiger partial charge in [0, 0.05) is 29.2 Å². The van der Waals surface area contributed by atoms with Crippen LogP contribution in [0.15, 0.2) is 54.6 Å². The summed E-state index contributed by atoms with van der Waals surface area (Å²) in [5.74, 6) is 0.104. The smallest absolute Gasteiger partial charge is 0.194 e. The summed E-state index contributed by atoms with van der Waals surface area (Å²) in [5.41, 5.74) is 4.82. The van der Waals surface area contributed by atoms with Crippen LogP contribution in [0.4, 0.5) is 0 Å². The molecule has 0 bridgehead atoms. The normalized spacial score (nSPS) is 17.5. The zero-order valence-electron chi connectivity index (χ0n) is 17.2. The number of carbonyl (C=O) groups is 1. The molecule has 0 aromatic heterocycles. The van der Waals surface area contributed by atoms with Gasteiger partial charge in [0.2, 0.25) is 0 Å². The van der Waals surface area contributed by atoms with Crippen molar-refractivity contribution in [2.24, 2.45) is 0 Å². The standard InChI is InChI=1S/C26H27NO3/c28-26-23-7-2-1-6-21(23)22-11-10-18(20-8-3-9-24(26)25(20)22)17-30-16-15-29-14-12-19-5-4-13-27-19/h1-3,6-11,19,27H,4-5,12-17H2. The third-order valence-corrected chi connectivity index (χ3v) is 6.24. The fourth-order valence-electron chi connectivity index (χ4n) is 4.70. The molecule has 1 aliphatic carbocycles. The van der Waals surface area contributed by atoms with E-state index < -0.39 is 0 Å². The first-order valence-corrected chi connectivity index (χ1v) is 10.9. The van der Waals surface area contributed by atoms with Gasteiger partial charge in [-0.15, -0.1) is 0 Å². The van der Waals surface area contributed by atoms with Gasteiger partial charge in [0.25, 0.3) is 0 Å². The molecule has 1 aliphatic heterocycles. The highest BCUT2D eigenvalue weighted by Gasteiger charge is 2.25. The first-order valence-electron chi connectivity index (χ1n) is 10.9. The monoisotopic (exact) mass is 401 g/mol. The second-order valence-electron chi connectivity index (χ2n) is 8.12. The van der Waals surface area contributed by atoms with E-state index >= 15 is 0 Å². The minimum Gasteiger partial charge on any atom is -0.379 e. The number of carbonyl (C=O) groups excluding carboxylic acids is 1. The molecule has 1 fully saturated rings. The maximum Gasteiger partial charge on any atom is 0.194 e. The van der Waals surface area contributed by atoms with Crippen LogP contribution in [0.2, 0.25) is 0 Å². The summed E-state index contributed by atoms with van der Waals surface area (Å²) in [6.45, 7) is 3.62. The van der Waals surface area contributed by atoms with Crippen LogP contribution in [-0.4, -0.2) is 38.2 Å². The highest BCUT2D eigenvalue weighted by Crippen LogP contribution is 2.40. The number of hydrogen-bond acceptors (Lipinski definition) is 4. The summed E-state index contributed by atoms with van der Waals surface area (Å²) >= 11 is 0.